The molecule has 0 bridgehead atoms. The van der Waals surface area contributed by atoms with Gasteiger partial charge in [-0.05, 0) is 49.2 Å². The number of aromatic nitrogens is 2. The minimum absolute atomic E-state index is 0.0439. The second-order valence-electron chi connectivity index (χ2n) is 7.75. The van der Waals surface area contributed by atoms with Crippen LogP contribution in [0, 0.1) is 0 Å². The molecule has 1 aromatic heterocycles. The van der Waals surface area contributed by atoms with E-state index < -0.39 is 0 Å². The molecule has 1 amide bonds. The number of ether oxygens (including phenoxy) is 2. The maximum atomic E-state index is 12.2. The summed E-state index contributed by atoms with van der Waals surface area (Å²) < 4.78 is 13.6. The third-order valence-corrected chi connectivity index (χ3v) is 5.48. The molecule has 3 aromatic carbocycles. The highest BCUT2D eigenvalue weighted by molar-refractivity contribution is 5.94. The second kappa shape index (κ2) is 11.2. The lowest BCUT2D eigenvalue weighted by molar-refractivity contribution is 0.0953. The Kier molecular flexibility index (Phi) is 7.59. The summed E-state index contributed by atoms with van der Waals surface area (Å²) >= 11 is 0. The fourth-order valence-corrected chi connectivity index (χ4v) is 3.85. The molecule has 0 spiro atoms. The van der Waals surface area contributed by atoms with Crippen molar-refractivity contribution in [1.82, 2.24) is 14.9 Å². The van der Waals surface area contributed by atoms with Gasteiger partial charge in [-0.15, -0.1) is 0 Å². The lowest BCUT2D eigenvalue weighted by Gasteiger charge is -2.12. The number of carbonyl (C=O) groups excluding carboxylic acids is 1. The highest BCUT2D eigenvalue weighted by atomic mass is 16.5. The zero-order valence-corrected chi connectivity index (χ0v) is 18.9. The molecule has 33 heavy (non-hydrogen) atoms. The largest absolute Gasteiger partial charge is 0.493 e. The van der Waals surface area contributed by atoms with Crippen LogP contribution in [0.2, 0.25) is 0 Å². The number of methoxy groups -OCH3 is 1. The van der Waals surface area contributed by atoms with Crippen LogP contribution in [0.4, 0.5) is 0 Å². The number of aryl methyl sites for hydroxylation is 2. The van der Waals surface area contributed by atoms with E-state index in [1.807, 2.05) is 72.8 Å². The van der Waals surface area contributed by atoms with Crippen molar-refractivity contribution in [2.75, 3.05) is 20.3 Å². The quantitative estimate of drug-likeness (QED) is 0.336. The number of carbonyl (C=O) groups is 1. The van der Waals surface area contributed by atoms with Crippen molar-refractivity contribution in [3.8, 4) is 11.5 Å². The van der Waals surface area contributed by atoms with E-state index in [4.69, 9.17) is 14.5 Å². The van der Waals surface area contributed by atoms with Crippen LogP contribution < -0.4 is 14.8 Å². The van der Waals surface area contributed by atoms with E-state index in [2.05, 4.69) is 16.0 Å². The molecule has 170 valence electrons. The van der Waals surface area contributed by atoms with E-state index in [0.717, 1.165) is 54.2 Å². The third-order valence-electron chi connectivity index (χ3n) is 5.48. The van der Waals surface area contributed by atoms with Gasteiger partial charge in [0.15, 0.2) is 11.5 Å². The SMILES string of the molecule is COc1ccccc1OCCCn1c(CCCNC(=O)c2ccccc2)nc2ccccc21. The van der Waals surface area contributed by atoms with Gasteiger partial charge >= 0.3 is 0 Å². The van der Waals surface area contributed by atoms with Crippen LogP contribution in [-0.4, -0.2) is 35.7 Å². The Balaban J connectivity index is 1.34. The number of nitrogens with one attached hydrogen (secondary N) is 1. The van der Waals surface area contributed by atoms with Gasteiger partial charge in [-0.3, -0.25) is 4.79 Å². The maximum Gasteiger partial charge on any atom is 0.251 e. The van der Waals surface area contributed by atoms with Crippen LogP contribution in [0.15, 0.2) is 78.9 Å². The Morgan fingerprint density at radius 2 is 1.64 bits per heavy atom. The summed E-state index contributed by atoms with van der Waals surface area (Å²) in [5.74, 6) is 2.48. The van der Waals surface area contributed by atoms with Crippen LogP contribution in [0.5, 0.6) is 11.5 Å². The molecule has 6 heteroatoms. The molecule has 6 nitrogen and oxygen atoms in total. The number of benzene rings is 3. The zero-order valence-electron chi connectivity index (χ0n) is 18.9. The number of rotatable bonds is 11. The highest BCUT2D eigenvalue weighted by Crippen LogP contribution is 2.26. The molecule has 0 unspecified atom stereocenters. The Morgan fingerprint density at radius 3 is 2.45 bits per heavy atom. The summed E-state index contributed by atoms with van der Waals surface area (Å²) in [7, 11) is 1.65. The first kappa shape index (κ1) is 22.4. The van der Waals surface area contributed by atoms with E-state index >= 15 is 0 Å². The number of amides is 1. The fraction of sp³-hybridized carbons (Fsp3) is 0.259. The van der Waals surface area contributed by atoms with Crippen LogP contribution in [0.3, 0.4) is 0 Å². The predicted molar refractivity (Wildman–Crippen MR) is 130 cm³/mol. The minimum Gasteiger partial charge on any atom is -0.493 e. The van der Waals surface area contributed by atoms with Crippen LogP contribution in [0.25, 0.3) is 11.0 Å². The molecular weight excluding hydrogens is 414 g/mol. The first-order chi connectivity index (χ1) is 16.3. The molecule has 0 radical (unpaired) electrons. The standard InChI is InChI=1S/C27H29N3O3/c1-32-24-15-7-8-16-25(24)33-20-10-19-30-23-14-6-5-13-22(23)29-26(30)17-9-18-28-27(31)21-11-3-2-4-12-21/h2-8,11-16H,9-10,17-20H2,1H3,(H,28,31). The Morgan fingerprint density at radius 1 is 0.909 bits per heavy atom. The van der Waals surface area contributed by atoms with Gasteiger partial charge in [0.1, 0.15) is 5.82 Å². The minimum atomic E-state index is -0.0439. The average molecular weight is 444 g/mol. The maximum absolute atomic E-state index is 12.2. The summed E-state index contributed by atoms with van der Waals surface area (Å²) in [6.45, 7) is 1.99. The van der Waals surface area contributed by atoms with E-state index in [-0.39, 0.29) is 5.91 Å². The van der Waals surface area contributed by atoms with Gasteiger partial charge in [-0.2, -0.15) is 0 Å². The van der Waals surface area contributed by atoms with Gasteiger partial charge < -0.3 is 19.4 Å². The molecule has 0 saturated carbocycles. The molecule has 4 aromatic rings. The molecular formula is C27H29N3O3. The Hall–Kier alpha value is -3.80. The van der Waals surface area contributed by atoms with Crippen molar-refractivity contribution in [1.29, 1.82) is 0 Å². The first-order valence-corrected chi connectivity index (χ1v) is 11.3. The molecule has 0 saturated heterocycles. The smallest absolute Gasteiger partial charge is 0.251 e. The number of hydrogen-bond acceptors (Lipinski definition) is 4. The monoisotopic (exact) mass is 443 g/mol. The number of hydrogen-bond donors (Lipinski definition) is 1. The number of nitrogens with zero attached hydrogens (tertiary/aromatic N) is 2. The molecule has 0 atom stereocenters. The summed E-state index contributed by atoms with van der Waals surface area (Å²) in [6, 6.07) is 25.2. The van der Waals surface area contributed by atoms with Crippen LogP contribution in [0.1, 0.15) is 29.0 Å². The fourth-order valence-electron chi connectivity index (χ4n) is 3.85. The van der Waals surface area contributed by atoms with Gasteiger partial charge in [0.25, 0.3) is 5.91 Å². The van der Waals surface area contributed by atoms with Crippen molar-refractivity contribution < 1.29 is 14.3 Å². The van der Waals surface area contributed by atoms with E-state index in [1.165, 1.54) is 0 Å². The summed E-state index contributed by atoms with van der Waals surface area (Å²) in [6.07, 6.45) is 2.45. The highest BCUT2D eigenvalue weighted by Gasteiger charge is 2.11. The molecule has 0 aliphatic rings. The van der Waals surface area contributed by atoms with Crippen molar-refractivity contribution in [3.63, 3.8) is 0 Å². The van der Waals surface area contributed by atoms with Gasteiger partial charge in [-0.25, -0.2) is 4.98 Å². The van der Waals surface area contributed by atoms with Crippen molar-refractivity contribution in [2.24, 2.45) is 0 Å². The van der Waals surface area contributed by atoms with Crippen molar-refractivity contribution in [2.45, 2.75) is 25.8 Å². The lowest BCUT2D eigenvalue weighted by Crippen LogP contribution is -2.24. The van der Waals surface area contributed by atoms with Gasteiger partial charge in [0, 0.05) is 25.1 Å². The van der Waals surface area contributed by atoms with E-state index in [0.29, 0.717) is 18.7 Å². The summed E-state index contributed by atoms with van der Waals surface area (Å²) in [5.41, 5.74) is 2.80. The summed E-state index contributed by atoms with van der Waals surface area (Å²) in [4.78, 5) is 17.1. The molecule has 4 rings (SSSR count). The molecule has 0 aliphatic heterocycles. The van der Waals surface area contributed by atoms with Crippen molar-refractivity contribution >= 4 is 16.9 Å². The molecule has 0 fully saturated rings. The van der Waals surface area contributed by atoms with Crippen LogP contribution in [-0.2, 0) is 13.0 Å². The van der Waals surface area contributed by atoms with Crippen LogP contribution >= 0.6 is 0 Å². The lowest BCUT2D eigenvalue weighted by atomic mass is 10.2. The normalized spacial score (nSPS) is 10.8. The van der Waals surface area contributed by atoms with Gasteiger partial charge in [0.2, 0.25) is 0 Å². The van der Waals surface area contributed by atoms with Gasteiger partial charge in [-0.1, -0.05) is 42.5 Å². The second-order valence-corrected chi connectivity index (χ2v) is 7.75. The number of fused-ring (bicyclic) bond motifs is 1. The molecule has 1 heterocycles. The third kappa shape index (κ3) is 5.71. The Bertz CT molecular complexity index is 1190. The Labute approximate surface area is 194 Å². The average Bonchev–Trinajstić information content (AvgIpc) is 3.22. The first-order valence-electron chi connectivity index (χ1n) is 11.3. The van der Waals surface area contributed by atoms with Gasteiger partial charge in [0.05, 0.1) is 24.8 Å². The zero-order chi connectivity index (χ0) is 22.9. The topological polar surface area (TPSA) is 65.4 Å². The van der Waals surface area contributed by atoms with Crippen molar-refractivity contribution in [3.05, 3.63) is 90.3 Å². The van der Waals surface area contributed by atoms with E-state index in [9.17, 15) is 4.79 Å². The molecule has 1 N–H and O–H groups in total. The number of imidazole rings is 1. The van der Waals surface area contributed by atoms with E-state index in [1.54, 1.807) is 7.11 Å². The molecule has 0 aliphatic carbocycles. The predicted octanol–water partition coefficient (Wildman–Crippen LogP) is 4.88. The summed E-state index contributed by atoms with van der Waals surface area (Å²) in [5, 5.41) is 3.00. The number of para-hydroxylation sites is 4.